The number of nitrogens with one attached hydrogen (secondary N) is 1. The van der Waals surface area contributed by atoms with Crippen LogP contribution in [0.2, 0.25) is 0 Å². The fourth-order valence-corrected chi connectivity index (χ4v) is 4.60. The number of rotatable bonds is 1. The Labute approximate surface area is 210 Å². The Morgan fingerprint density at radius 3 is 2.54 bits per heavy atom. The first kappa shape index (κ1) is 24.4. The van der Waals surface area contributed by atoms with Crippen molar-refractivity contribution in [1.29, 1.82) is 0 Å². The number of aromatic nitrogens is 1. The number of anilines is 1. The highest BCUT2D eigenvalue weighted by molar-refractivity contribution is 14.0. The summed E-state index contributed by atoms with van der Waals surface area (Å²) in [5.74, 6) is 0. The van der Waals surface area contributed by atoms with Gasteiger partial charge in [0.25, 0.3) is 9.40 Å². The molecule has 1 atom stereocenters. The number of aryl methyl sites for hydroxylation is 2. The van der Waals surface area contributed by atoms with Crippen molar-refractivity contribution < 1.29 is 24.0 Å². The minimum Gasteiger partial charge on any atom is -1.00 e. The molecule has 1 N–H and O–H groups in total. The third kappa shape index (κ3) is 4.69. The molecule has 1 aromatic heterocycles. The van der Waals surface area contributed by atoms with Crippen LogP contribution in [0.1, 0.15) is 18.1 Å². The number of para-hydroxylation sites is 1. The van der Waals surface area contributed by atoms with Crippen LogP contribution >= 0.6 is 59.3 Å². The Hall–Kier alpha value is 0.410. The Balaban J connectivity index is 0.00000113. The second-order valence-electron chi connectivity index (χ2n) is 6.49. The highest BCUT2D eigenvalue weighted by atomic mass is 127. The normalized spacial score (nSPS) is 16.6. The van der Waals surface area contributed by atoms with E-state index < -0.39 is 0 Å². The molecule has 1 unspecified atom stereocenters. The number of fused-ring (bicyclic) bond motifs is 2. The maximum atomic E-state index is 4.96. The van der Waals surface area contributed by atoms with E-state index in [0.29, 0.717) is 6.04 Å². The first-order valence-corrected chi connectivity index (χ1v) is 9.06. The third-order valence-electron chi connectivity index (χ3n) is 4.73. The molecule has 142 valence electrons. The summed E-state index contributed by atoms with van der Waals surface area (Å²) >= 11 is 1.85. The van der Waals surface area contributed by atoms with E-state index in [1.165, 1.54) is 26.2 Å². The molecule has 4 rings (SSSR count). The second kappa shape index (κ2) is 10.3. The van der Waals surface area contributed by atoms with E-state index in [-0.39, 0.29) is 71.9 Å². The lowest BCUT2D eigenvalue weighted by Crippen LogP contribution is -3.00. The summed E-state index contributed by atoms with van der Waals surface area (Å²) in [6, 6.07) is 11.6. The quantitative estimate of drug-likeness (QED) is 0.240. The van der Waals surface area contributed by atoms with Crippen LogP contribution in [0.3, 0.4) is 0 Å². The van der Waals surface area contributed by atoms with Gasteiger partial charge < -0.3 is 34.2 Å². The maximum Gasteiger partial charge on any atom is 0.259 e. The predicted molar refractivity (Wildman–Crippen MR) is 132 cm³/mol. The molecule has 0 radical (unpaired) electrons. The van der Waals surface area contributed by atoms with Gasteiger partial charge in [0, 0.05) is 43.5 Å². The van der Waals surface area contributed by atoms with E-state index in [1.807, 2.05) is 11.3 Å². The van der Waals surface area contributed by atoms with Gasteiger partial charge in [0.15, 0.2) is 0 Å². The van der Waals surface area contributed by atoms with Crippen molar-refractivity contribution in [3.05, 3.63) is 41.5 Å². The number of benzene rings is 2. The average Bonchev–Trinajstić information content (AvgIpc) is 2.54. The molecular weight excluding hydrogens is 683 g/mol. The van der Waals surface area contributed by atoms with Gasteiger partial charge >= 0.3 is 0 Å². The topological polar surface area (TPSA) is 28.2 Å². The summed E-state index contributed by atoms with van der Waals surface area (Å²) in [7, 11) is 0. The summed E-state index contributed by atoms with van der Waals surface area (Å²) in [5, 5.41) is 3.47. The van der Waals surface area contributed by atoms with Gasteiger partial charge in [0.2, 0.25) is 11.3 Å². The van der Waals surface area contributed by atoms with Gasteiger partial charge in [0.1, 0.15) is 11.0 Å². The Morgan fingerprint density at radius 2 is 1.81 bits per heavy atom. The molecule has 0 spiro atoms. The predicted octanol–water partition coefficient (Wildman–Crippen LogP) is 2.39. The molecule has 1 fully saturated rings. The van der Waals surface area contributed by atoms with E-state index in [9.17, 15) is 0 Å². The van der Waals surface area contributed by atoms with Gasteiger partial charge in [0.05, 0.1) is 0 Å². The number of nitrogens with zero attached hydrogens (tertiary/aromatic N) is 2. The minimum atomic E-state index is 0. The molecule has 3 nitrogen and oxygen atoms in total. The van der Waals surface area contributed by atoms with Gasteiger partial charge in [-0.05, 0) is 38.0 Å². The fraction of sp³-hybridized carbons (Fsp3) is 0.368. The van der Waals surface area contributed by atoms with Gasteiger partial charge in [-0.2, -0.15) is 0 Å². The van der Waals surface area contributed by atoms with Gasteiger partial charge in [-0.15, -0.1) is 48.0 Å². The second-order valence-corrected chi connectivity index (χ2v) is 7.58. The molecule has 1 aliphatic rings. The van der Waals surface area contributed by atoms with Crippen molar-refractivity contribution in [2.75, 3.05) is 24.5 Å². The van der Waals surface area contributed by atoms with Crippen LogP contribution in [0.25, 0.3) is 20.4 Å². The first-order valence-electron chi connectivity index (χ1n) is 8.24. The molecule has 3 aromatic rings. The molecule has 0 aliphatic carbocycles. The van der Waals surface area contributed by atoms with Crippen LogP contribution in [-0.2, 0) is 0 Å². The standard InChI is InChI=1S/C19H22N3S.3HI/c1-12-5-4-6-16-18(12)21-19-13(2)9-15(10-17(19)23-16)22-8-7-20-11-14(22)3;;;/h4-6,9-10,14,20H,7-8,11H2,1-3H3;3*1H/q+1;;;/p-1. The van der Waals surface area contributed by atoms with Crippen molar-refractivity contribution in [3.63, 3.8) is 0 Å². The number of piperazine rings is 1. The monoisotopic (exact) mass is 707 g/mol. The van der Waals surface area contributed by atoms with Crippen LogP contribution in [0.5, 0.6) is 0 Å². The average molecular weight is 707 g/mol. The van der Waals surface area contributed by atoms with E-state index in [1.54, 1.807) is 0 Å². The number of halogens is 3. The lowest BCUT2D eigenvalue weighted by atomic mass is 10.1. The molecule has 0 saturated carbocycles. The van der Waals surface area contributed by atoms with Crippen molar-refractivity contribution in [1.82, 2.24) is 10.3 Å². The summed E-state index contributed by atoms with van der Waals surface area (Å²) < 4.78 is 2.55. The molecule has 2 heterocycles. The molecule has 1 saturated heterocycles. The third-order valence-corrected chi connectivity index (χ3v) is 5.81. The van der Waals surface area contributed by atoms with Crippen LogP contribution in [-0.4, -0.2) is 30.7 Å². The fourth-order valence-electron chi connectivity index (χ4n) is 3.43. The summed E-state index contributed by atoms with van der Waals surface area (Å²) in [4.78, 5) is 7.47. The van der Waals surface area contributed by atoms with Crippen molar-refractivity contribution in [2.24, 2.45) is 0 Å². The summed E-state index contributed by atoms with van der Waals surface area (Å²) in [6.07, 6.45) is 0. The lowest BCUT2D eigenvalue weighted by molar-refractivity contribution is -0.00000484. The van der Waals surface area contributed by atoms with Gasteiger partial charge in [-0.3, -0.25) is 0 Å². The Kier molecular flexibility index (Phi) is 9.65. The number of hydrogen-bond donors (Lipinski definition) is 1. The molecule has 0 amide bonds. The van der Waals surface area contributed by atoms with E-state index in [4.69, 9.17) is 4.98 Å². The highest BCUT2D eigenvalue weighted by Crippen LogP contribution is 2.33. The molecule has 0 bridgehead atoms. The zero-order valence-corrected chi connectivity index (χ0v) is 22.7. The molecular formula is C19H24I3N3S. The molecule has 26 heavy (non-hydrogen) atoms. The lowest BCUT2D eigenvalue weighted by Gasteiger charge is -2.35. The van der Waals surface area contributed by atoms with E-state index in [0.717, 1.165) is 30.7 Å². The van der Waals surface area contributed by atoms with Crippen LogP contribution < -0.4 is 34.2 Å². The highest BCUT2D eigenvalue weighted by Gasteiger charge is 2.22. The minimum absolute atomic E-state index is 0. The molecule has 7 heteroatoms. The van der Waals surface area contributed by atoms with Gasteiger partial charge in [-0.25, -0.2) is 4.98 Å². The maximum absolute atomic E-state index is 4.96. The van der Waals surface area contributed by atoms with Crippen molar-refractivity contribution in [2.45, 2.75) is 26.8 Å². The van der Waals surface area contributed by atoms with Crippen LogP contribution in [0.15, 0.2) is 30.3 Å². The summed E-state index contributed by atoms with van der Waals surface area (Å²) in [6.45, 7) is 9.78. The van der Waals surface area contributed by atoms with E-state index >= 15 is 0 Å². The Bertz CT molecular complexity index is 904. The first-order chi connectivity index (χ1) is 11.1. The largest absolute Gasteiger partial charge is 1.00 e. The zero-order valence-electron chi connectivity index (χ0n) is 15.1. The summed E-state index contributed by atoms with van der Waals surface area (Å²) in [5.41, 5.74) is 6.12. The van der Waals surface area contributed by atoms with E-state index in [2.05, 4.69) is 61.3 Å². The molecule has 2 aromatic carbocycles. The Morgan fingerprint density at radius 1 is 1.08 bits per heavy atom. The van der Waals surface area contributed by atoms with Crippen LogP contribution in [0.4, 0.5) is 5.69 Å². The SMILES string of the molecule is Cc1cccc2[s+]c3cc(N4CCNCC4C)cc(C)c3nc12.I.I.[I-]. The zero-order chi connectivity index (χ0) is 16.0. The molecule has 1 aliphatic heterocycles. The van der Waals surface area contributed by atoms with Crippen LogP contribution in [0, 0.1) is 13.8 Å². The van der Waals surface area contributed by atoms with Crippen molar-refractivity contribution in [3.8, 4) is 0 Å². The number of hydrogen-bond acceptors (Lipinski definition) is 3. The smallest absolute Gasteiger partial charge is 0.259 e. The van der Waals surface area contributed by atoms with Crippen molar-refractivity contribution >= 4 is 85.4 Å². The van der Waals surface area contributed by atoms with Gasteiger partial charge in [-0.1, -0.05) is 12.1 Å².